The van der Waals surface area contributed by atoms with Crippen LogP contribution in [-0.2, 0) is 45.7 Å². The Bertz CT molecular complexity index is 381. The normalized spacial score (nSPS) is 11.9. The molecule has 0 aromatic carbocycles. The molecule has 2 unspecified atom stereocenters. The molecule has 0 spiro atoms. The number of hydrogen-bond donors (Lipinski definition) is 0. The van der Waals surface area contributed by atoms with E-state index in [2.05, 4.69) is 27.7 Å². The summed E-state index contributed by atoms with van der Waals surface area (Å²) in [6.07, 6.45) is 0. The van der Waals surface area contributed by atoms with E-state index in [9.17, 15) is 29.4 Å². The number of carbonyl (C=O) groups excluding carboxylic acids is 4. The minimum atomic E-state index is -1.31. The fourth-order valence-electron chi connectivity index (χ4n) is 0.775. The first-order valence-corrected chi connectivity index (χ1v) is 9.92. The summed E-state index contributed by atoms with van der Waals surface area (Å²) in [6, 6.07) is 0. The Hall–Kier alpha value is -1.09. The molecule has 0 aromatic rings. The topological polar surface area (TPSA) is 133 Å². The first kappa shape index (κ1) is 30.6. The van der Waals surface area contributed by atoms with E-state index in [1.807, 2.05) is 0 Å². The Morgan fingerprint density at radius 3 is 1.07 bits per heavy atom. The molecule has 8 nitrogen and oxygen atoms in total. The van der Waals surface area contributed by atoms with Crippen molar-refractivity contribution in [3.8, 4) is 0 Å². The molecule has 0 aliphatic rings. The van der Waals surface area contributed by atoms with E-state index < -0.39 is 43.7 Å². The number of carboxylic acids is 2. The van der Waals surface area contributed by atoms with Gasteiger partial charge in [-0.2, -0.15) is 0 Å². The molecule has 0 aromatic heterocycles. The van der Waals surface area contributed by atoms with E-state index in [0.717, 1.165) is 13.2 Å². The molecular formula is C18H32O8Ti. The second kappa shape index (κ2) is 18.3. The van der Waals surface area contributed by atoms with Gasteiger partial charge in [-0.25, -0.2) is 0 Å². The van der Waals surface area contributed by atoms with E-state index >= 15 is 0 Å². The van der Waals surface area contributed by atoms with E-state index in [-0.39, 0.29) is 11.6 Å². The van der Waals surface area contributed by atoms with E-state index in [1.165, 1.54) is 27.7 Å². The average Bonchev–Trinajstić information content (AvgIpc) is 2.53. The van der Waals surface area contributed by atoms with Gasteiger partial charge in [-0.05, 0) is 13.8 Å². The van der Waals surface area contributed by atoms with Gasteiger partial charge < -0.3 is 19.8 Å². The summed E-state index contributed by atoms with van der Waals surface area (Å²) in [5, 5.41) is 19.6. The SMILES string of the molecule is CC(=O)C(C)C(=O)[O-].CC(=O)C(C)C(=O)[O-].CC(C)C[O][Ti+2][O]CC(C)C. The molecule has 0 radical (unpaired) electrons. The molecule has 0 saturated heterocycles. The van der Waals surface area contributed by atoms with Crippen LogP contribution < -0.4 is 10.2 Å². The third kappa shape index (κ3) is 24.9. The van der Waals surface area contributed by atoms with Crippen LogP contribution in [0.3, 0.4) is 0 Å². The monoisotopic (exact) mass is 424 g/mol. The Morgan fingerprint density at radius 1 is 0.704 bits per heavy atom. The van der Waals surface area contributed by atoms with Crippen molar-refractivity contribution >= 4 is 23.5 Å². The van der Waals surface area contributed by atoms with Crippen LogP contribution in [0.15, 0.2) is 0 Å². The van der Waals surface area contributed by atoms with Gasteiger partial charge in [-0.15, -0.1) is 0 Å². The predicted octanol–water partition coefficient (Wildman–Crippen LogP) is 0.167. The van der Waals surface area contributed by atoms with E-state index in [4.69, 9.17) is 6.64 Å². The van der Waals surface area contributed by atoms with Crippen LogP contribution in [0.4, 0.5) is 0 Å². The third-order valence-corrected chi connectivity index (χ3v) is 3.77. The molecule has 0 N–H and O–H groups in total. The standard InChI is InChI=1S/2C5H8O3.2C4H9O.Ti/c2*1-3(4(2)6)5(7)8;2*1-4(2)3-5;/h2*3H,1-2H3,(H,7,8);2*4H,3H2,1-2H3;/q;;2*-1;+4/p-2. The summed E-state index contributed by atoms with van der Waals surface area (Å²) >= 11 is -0.563. The second-order valence-corrected chi connectivity index (χ2v) is 7.96. The van der Waals surface area contributed by atoms with Gasteiger partial charge >= 0.3 is 79.3 Å². The Labute approximate surface area is 171 Å². The van der Waals surface area contributed by atoms with E-state index in [0.29, 0.717) is 11.8 Å². The van der Waals surface area contributed by atoms with Crippen molar-refractivity contribution in [2.45, 2.75) is 55.4 Å². The van der Waals surface area contributed by atoms with Gasteiger partial charge in [0.05, 0.1) is 23.8 Å². The Morgan fingerprint density at radius 2 is 0.963 bits per heavy atom. The van der Waals surface area contributed by atoms with Crippen LogP contribution >= 0.6 is 0 Å². The number of aliphatic carboxylic acids is 2. The van der Waals surface area contributed by atoms with Crippen molar-refractivity contribution in [1.82, 2.24) is 0 Å². The van der Waals surface area contributed by atoms with Gasteiger partial charge in [-0.3, -0.25) is 9.59 Å². The average molecular weight is 424 g/mol. The number of hydrogen-bond acceptors (Lipinski definition) is 8. The fourth-order valence-corrected chi connectivity index (χ4v) is 2.16. The summed E-state index contributed by atoms with van der Waals surface area (Å²) < 4.78 is 10.7. The molecule has 9 heteroatoms. The maximum absolute atomic E-state index is 10.2. The minimum absolute atomic E-state index is 0.370. The molecule has 0 heterocycles. The molecule has 0 aliphatic heterocycles. The zero-order valence-corrected chi connectivity index (χ0v) is 19.1. The van der Waals surface area contributed by atoms with Gasteiger partial charge in [0.15, 0.2) is 0 Å². The van der Waals surface area contributed by atoms with Crippen LogP contribution in [0.1, 0.15) is 55.4 Å². The van der Waals surface area contributed by atoms with Crippen molar-refractivity contribution in [1.29, 1.82) is 0 Å². The Balaban J connectivity index is -0.000000327. The Kier molecular flexibility index (Phi) is 20.7. The second-order valence-electron chi connectivity index (χ2n) is 6.80. The molecule has 27 heavy (non-hydrogen) atoms. The molecule has 0 rings (SSSR count). The van der Waals surface area contributed by atoms with Crippen LogP contribution in [-0.4, -0.2) is 36.7 Å². The number of Topliss-reactive ketones (excluding diaryl/α,β-unsaturated/α-hetero) is 2. The molecule has 0 amide bonds. The summed E-state index contributed by atoms with van der Waals surface area (Å²) in [5.74, 6) is -4.03. The number of carbonyl (C=O) groups is 4. The van der Waals surface area contributed by atoms with Crippen LogP contribution in [0, 0.1) is 23.7 Å². The van der Waals surface area contributed by atoms with Crippen LogP contribution in [0.25, 0.3) is 0 Å². The third-order valence-electron chi connectivity index (χ3n) is 2.88. The van der Waals surface area contributed by atoms with Crippen molar-refractivity contribution < 1.29 is 56.0 Å². The van der Waals surface area contributed by atoms with Gasteiger partial charge in [0.25, 0.3) is 0 Å². The summed E-state index contributed by atoms with van der Waals surface area (Å²) in [7, 11) is 0. The quantitative estimate of drug-likeness (QED) is 0.275. The van der Waals surface area contributed by atoms with Gasteiger partial charge in [0, 0.05) is 0 Å². The number of ketones is 2. The van der Waals surface area contributed by atoms with Crippen molar-refractivity contribution in [3.05, 3.63) is 0 Å². The molecule has 0 aliphatic carbocycles. The summed E-state index contributed by atoms with van der Waals surface area (Å²) in [6.45, 7) is 15.3. The molecule has 156 valence electrons. The number of rotatable bonds is 10. The first-order chi connectivity index (χ1) is 12.2. The van der Waals surface area contributed by atoms with E-state index in [1.54, 1.807) is 0 Å². The van der Waals surface area contributed by atoms with Gasteiger partial charge in [-0.1, -0.05) is 13.8 Å². The number of carboxylic acid groups (broad SMARTS) is 2. The first-order valence-electron chi connectivity index (χ1n) is 8.65. The zero-order chi connectivity index (χ0) is 22.2. The molecule has 0 saturated carbocycles. The zero-order valence-electron chi connectivity index (χ0n) is 17.5. The van der Waals surface area contributed by atoms with Gasteiger partial charge in [0.2, 0.25) is 0 Å². The molecular weight excluding hydrogens is 392 g/mol. The molecule has 0 bridgehead atoms. The fraction of sp³-hybridized carbons (Fsp3) is 0.778. The predicted molar refractivity (Wildman–Crippen MR) is 91.3 cm³/mol. The molecule has 2 atom stereocenters. The van der Waals surface area contributed by atoms with Gasteiger partial charge in [0.1, 0.15) is 11.6 Å². The van der Waals surface area contributed by atoms with Crippen LogP contribution in [0.2, 0.25) is 0 Å². The maximum atomic E-state index is 10.2. The summed E-state index contributed by atoms with van der Waals surface area (Å²) in [4.78, 5) is 39.9. The molecule has 0 fully saturated rings. The van der Waals surface area contributed by atoms with Crippen molar-refractivity contribution in [2.24, 2.45) is 23.7 Å². The van der Waals surface area contributed by atoms with Crippen molar-refractivity contribution in [3.63, 3.8) is 0 Å². The van der Waals surface area contributed by atoms with Crippen molar-refractivity contribution in [2.75, 3.05) is 13.2 Å². The summed E-state index contributed by atoms with van der Waals surface area (Å²) in [5.41, 5.74) is 0. The van der Waals surface area contributed by atoms with Crippen LogP contribution in [0.5, 0.6) is 0 Å².